The Hall–Kier alpha value is -1.13. The van der Waals surface area contributed by atoms with E-state index >= 15 is 0 Å². The average molecular weight is 281 g/mol. The first-order valence-corrected chi connectivity index (χ1v) is 7.07. The molecular weight excluding hydrogens is 268 g/mol. The van der Waals surface area contributed by atoms with Gasteiger partial charge in [0.15, 0.2) is 0 Å². The van der Waals surface area contributed by atoms with Gasteiger partial charge in [-0.25, -0.2) is 4.79 Å². The second kappa shape index (κ2) is 4.52. The van der Waals surface area contributed by atoms with E-state index in [-0.39, 0.29) is 23.4 Å². The number of benzene rings is 1. The number of halogens is 1. The Balaban J connectivity index is 1.99. The molecule has 3 unspecified atom stereocenters. The van der Waals surface area contributed by atoms with Crippen LogP contribution in [0.25, 0.3) is 0 Å². The van der Waals surface area contributed by atoms with Crippen molar-refractivity contribution in [1.82, 2.24) is 10.6 Å². The van der Waals surface area contributed by atoms with Crippen LogP contribution in [0.3, 0.4) is 0 Å². The number of carbonyl (C=O) groups is 1. The highest BCUT2D eigenvalue weighted by Gasteiger charge is 2.40. The fourth-order valence-corrected chi connectivity index (χ4v) is 3.94. The van der Waals surface area contributed by atoms with Crippen LogP contribution in [0.4, 0.5) is 4.79 Å². The normalized spacial score (nSPS) is 30.2. The number of nitrogens with one attached hydrogen (secondary N) is 2. The predicted octanol–water partition coefficient (Wildman–Crippen LogP) is 3.29. The Morgan fingerprint density at radius 3 is 2.83 bits per heavy atom. The standard InChI is InChI=1S/C13H13ClN2OS/c1-7-6-9-11(8-4-2-3-5-10(8)14)15-13(17)16-12(9)18-7/h2-6,9,11-12H,1H3,(H2,15,16,17). The summed E-state index contributed by atoms with van der Waals surface area (Å²) in [5, 5.41) is 6.73. The molecule has 0 bridgehead atoms. The SMILES string of the molecule is CC1=CC2C(NC(=O)NC2c2ccccc2Cl)S1. The maximum Gasteiger partial charge on any atom is 0.316 e. The van der Waals surface area contributed by atoms with Crippen LogP contribution in [0.2, 0.25) is 5.02 Å². The second-order valence-electron chi connectivity index (χ2n) is 4.51. The van der Waals surface area contributed by atoms with Gasteiger partial charge in [0.05, 0.1) is 11.4 Å². The summed E-state index contributed by atoms with van der Waals surface area (Å²) in [6.45, 7) is 2.07. The number of amides is 2. The van der Waals surface area contributed by atoms with Crippen molar-refractivity contribution in [2.24, 2.45) is 5.92 Å². The van der Waals surface area contributed by atoms with E-state index in [9.17, 15) is 4.79 Å². The van der Waals surface area contributed by atoms with Crippen LogP contribution in [0, 0.1) is 5.92 Å². The topological polar surface area (TPSA) is 41.1 Å². The van der Waals surface area contributed by atoms with Crippen molar-refractivity contribution < 1.29 is 4.79 Å². The summed E-state index contributed by atoms with van der Waals surface area (Å²) < 4.78 is 0. The largest absolute Gasteiger partial charge is 0.331 e. The predicted molar refractivity (Wildman–Crippen MR) is 74.5 cm³/mol. The Labute approximate surface area is 115 Å². The summed E-state index contributed by atoms with van der Waals surface area (Å²) in [5.41, 5.74) is 0.982. The van der Waals surface area contributed by atoms with Crippen molar-refractivity contribution in [1.29, 1.82) is 0 Å². The van der Waals surface area contributed by atoms with Gasteiger partial charge in [-0.1, -0.05) is 35.9 Å². The molecular formula is C13H13ClN2OS. The minimum atomic E-state index is -0.128. The van der Waals surface area contributed by atoms with Crippen LogP contribution in [0.15, 0.2) is 35.2 Å². The summed E-state index contributed by atoms with van der Waals surface area (Å²) in [5.74, 6) is 0.243. The van der Waals surface area contributed by atoms with E-state index < -0.39 is 0 Å². The molecule has 0 radical (unpaired) electrons. The maximum atomic E-state index is 11.7. The van der Waals surface area contributed by atoms with E-state index in [0.717, 1.165) is 5.56 Å². The quantitative estimate of drug-likeness (QED) is 0.829. The average Bonchev–Trinajstić information content (AvgIpc) is 2.69. The summed E-state index contributed by atoms with van der Waals surface area (Å²) in [6, 6.07) is 7.50. The Morgan fingerprint density at radius 2 is 2.06 bits per heavy atom. The molecule has 3 nitrogen and oxygen atoms in total. The van der Waals surface area contributed by atoms with Crippen molar-refractivity contribution in [2.75, 3.05) is 0 Å². The molecule has 1 fully saturated rings. The van der Waals surface area contributed by atoms with Gasteiger partial charge in [-0.3, -0.25) is 0 Å². The molecule has 18 heavy (non-hydrogen) atoms. The monoisotopic (exact) mass is 280 g/mol. The molecule has 3 atom stereocenters. The molecule has 0 aliphatic carbocycles. The lowest BCUT2D eigenvalue weighted by Gasteiger charge is -2.34. The molecule has 5 heteroatoms. The van der Waals surface area contributed by atoms with Gasteiger partial charge in [0.1, 0.15) is 0 Å². The lowest BCUT2D eigenvalue weighted by molar-refractivity contribution is 0.218. The van der Waals surface area contributed by atoms with Crippen molar-refractivity contribution in [3.05, 3.63) is 45.8 Å². The van der Waals surface area contributed by atoms with E-state index in [0.29, 0.717) is 5.02 Å². The van der Waals surface area contributed by atoms with E-state index in [1.807, 2.05) is 24.3 Å². The Kier molecular flexibility index (Phi) is 2.99. The maximum absolute atomic E-state index is 11.7. The van der Waals surface area contributed by atoms with Crippen molar-refractivity contribution in [3.63, 3.8) is 0 Å². The molecule has 2 heterocycles. The van der Waals surface area contributed by atoms with Crippen LogP contribution >= 0.6 is 23.4 Å². The lowest BCUT2D eigenvalue weighted by Crippen LogP contribution is -2.53. The Bertz CT molecular complexity index is 531. The number of allylic oxidation sites excluding steroid dienone is 1. The molecule has 0 aromatic heterocycles. The van der Waals surface area contributed by atoms with Gasteiger partial charge in [-0.2, -0.15) is 0 Å². The van der Waals surface area contributed by atoms with E-state index in [2.05, 4.69) is 23.6 Å². The fraction of sp³-hybridized carbons (Fsp3) is 0.308. The van der Waals surface area contributed by atoms with Crippen molar-refractivity contribution >= 4 is 29.4 Å². The lowest BCUT2D eigenvalue weighted by atomic mass is 9.91. The zero-order valence-corrected chi connectivity index (χ0v) is 11.4. The van der Waals surface area contributed by atoms with Crippen LogP contribution in [-0.4, -0.2) is 11.4 Å². The summed E-state index contributed by atoms with van der Waals surface area (Å²) in [4.78, 5) is 12.9. The molecule has 1 aromatic carbocycles. The number of thioether (sulfide) groups is 1. The molecule has 2 aliphatic heterocycles. The third-order valence-electron chi connectivity index (χ3n) is 3.27. The minimum Gasteiger partial charge on any atom is -0.331 e. The van der Waals surface area contributed by atoms with Gasteiger partial charge in [0, 0.05) is 10.9 Å². The van der Waals surface area contributed by atoms with Crippen molar-refractivity contribution in [2.45, 2.75) is 18.3 Å². The smallest absolute Gasteiger partial charge is 0.316 e. The first-order chi connectivity index (χ1) is 8.65. The van der Waals surface area contributed by atoms with Crippen LogP contribution in [-0.2, 0) is 0 Å². The van der Waals surface area contributed by atoms with E-state index in [4.69, 9.17) is 11.6 Å². The minimum absolute atomic E-state index is 0.0533. The molecule has 0 spiro atoms. The Morgan fingerprint density at radius 1 is 1.28 bits per heavy atom. The van der Waals surface area contributed by atoms with E-state index in [1.165, 1.54) is 4.91 Å². The van der Waals surface area contributed by atoms with Gasteiger partial charge in [-0.05, 0) is 23.5 Å². The molecule has 2 aliphatic rings. The highest BCUT2D eigenvalue weighted by molar-refractivity contribution is 8.03. The van der Waals surface area contributed by atoms with Gasteiger partial charge in [0.2, 0.25) is 0 Å². The van der Waals surface area contributed by atoms with Gasteiger partial charge < -0.3 is 10.6 Å². The zero-order chi connectivity index (χ0) is 12.7. The molecule has 3 rings (SSSR count). The highest BCUT2D eigenvalue weighted by Crippen LogP contribution is 2.43. The first-order valence-electron chi connectivity index (χ1n) is 5.81. The second-order valence-corrected chi connectivity index (χ2v) is 6.30. The molecule has 2 N–H and O–H groups in total. The number of rotatable bonds is 1. The van der Waals surface area contributed by atoms with Gasteiger partial charge in [-0.15, -0.1) is 11.8 Å². The van der Waals surface area contributed by atoms with Crippen LogP contribution in [0.1, 0.15) is 18.5 Å². The molecule has 94 valence electrons. The van der Waals surface area contributed by atoms with Gasteiger partial charge in [0.25, 0.3) is 0 Å². The summed E-state index contributed by atoms with van der Waals surface area (Å²) >= 11 is 7.94. The van der Waals surface area contributed by atoms with E-state index in [1.54, 1.807) is 11.8 Å². The number of hydrogen-bond donors (Lipinski definition) is 2. The van der Waals surface area contributed by atoms with Crippen LogP contribution in [0.5, 0.6) is 0 Å². The summed E-state index contributed by atoms with van der Waals surface area (Å²) in [6.07, 6.45) is 2.20. The molecule has 1 saturated heterocycles. The fourth-order valence-electron chi connectivity index (χ4n) is 2.49. The zero-order valence-electron chi connectivity index (χ0n) is 9.81. The van der Waals surface area contributed by atoms with Crippen LogP contribution < -0.4 is 10.6 Å². The third kappa shape index (κ3) is 1.99. The molecule has 1 aromatic rings. The highest BCUT2D eigenvalue weighted by atomic mass is 35.5. The van der Waals surface area contributed by atoms with Gasteiger partial charge >= 0.3 is 6.03 Å². The molecule has 0 saturated carbocycles. The number of carbonyl (C=O) groups excluding carboxylic acids is 1. The number of hydrogen-bond acceptors (Lipinski definition) is 2. The number of fused-ring (bicyclic) bond motifs is 1. The third-order valence-corrected chi connectivity index (χ3v) is 4.81. The molecule has 2 amide bonds. The number of urea groups is 1. The van der Waals surface area contributed by atoms with Crippen molar-refractivity contribution in [3.8, 4) is 0 Å². The first kappa shape index (κ1) is 11.9. The summed E-state index contributed by atoms with van der Waals surface area (Å²) in [7, 11) is 0.